The fourth-order valence-electron chi connectivity index (χ4n) is 7.35. The number of carbonyl (C=O) groups is 6. The molecular formula is C43H59N11O6. The summed E-state index contributed by atoms with van der Waals surface area (Å²) in [6.45, 7) is 13.1. The molecule has 322 valence electrons. The number of fused-ring (bicyclic) bond motifs is 1. The summed E-state index contributed by atoms with van der Waals surface area (Å²) in [5, 5.41) is 11.6. The molecular weight excluding hydrogens is 767 g/mol. The molecule has 0 saturated carbocycles. The Kier molecular flexibility index (Phi) is 14.1. The van der Waals surface area contributed by atoms with Crippen LogP contribution in [0.15, 0.2) is 42.7 Å². The van der Waals surface area contributed by atoms with Crippen LogP contribution in [0, 0.1) is 19.8 Å². The van der Waals surface area contributed by atoms with Crippen molar-refractivity contribution in [3.05, 3.63) is 65.1 Å². The van der Waals surface area contributed by atoms with Crippen LogP contribution in [-0.4, -0.2) is 112 Å². The predicted octanol–water partition coefficient (Wildman–Crippen LogP) is 4.21. The number of pyridine rings is 1. The van der Waals surface area contributed by atoms with E-state index in [0.717, 1.165) is 11.3 Å². The SMILES string of the molecule is CCCC(NC(=O)c1ccc(C)c(N2Cc3cnc(Nc4ccc(C)nc4)nc3N(C)C2=O)c1)C(=O)N1CCCC1C(=O)NC(C)(C)C(=O)NC(CC(C)C)C(=O)N(C)C. The van der Waals surface area contributed by atoms with Crippen LogP contribution in [-0.2, 0) is 25.7 Å². The zero-order valence-electron chi connectivity index (χ0n) is 36.4. The zero-order chi connectivity index (χ0) is 44.1. The van der Waals surface area contributed by atoms with Crippen molar-refractivity contribution in [2.45, 2.75) is 111 Å². The Labute approximate surface area is 352 Å². The van der Waals surface area contributed by atoms with Crippen LogP contribution >= 0.6 is 0 Å². The van der Waals surface area contributed by atoms with Crippen molar-refractivity contribution in [1.82, 2.24) is 40.7 Å². The Morgan fingerprint density at radius 1 is 0.983 bits per heavy atom. The van der Waals surface area contributed by atoms with Gasteiger partial charge in [-0.1, -0.05) is 33.3 Å². The van der Waals surface area contributed by atoms with Crippen molar-refractivity contribution in [3.8, 4) is 0 Å². The Balaban J connectivity index is 1.27. The molecule has 2 aliphatic rings. The van der Waals surface area contributed by atoms with Crippen LogP contribution < -0.4 is 31.1 Å². The lowest BCUT2D eigenvalue weighted by Gasteiger charge is -2.35. The van der Waals surface area contributed by atoms with E-state index in [4.69, 9.17) is 0 Å². The molecule has 1 fully saturated rings. The van der Waals surface area contributed by atoms with Crippen molar-refractivity contribution in [2.75, 3.05) is 42.8 Å². The fourth-order valence-corrected chi connectivity index (χ4v) is 7.35. The smallest absolute Gasteiger partial charge is 0.330 e. The first kappa shape index (κ1) is 45.0. The minimum atomic E-state index is -1.39. The van der Waals surface area contributed by atoms with Crippen LogP contribution in [0.25, 0.3) is 0 Å². The number of amides is 7. The van der Waals surface area contributed by atoms with Gasteiger partial charge in [-0.3, -0.25) is 38.8 Å². The van der Waals surface area contributed by atoms with Crippen molar-refractivity contribution >= 4 is 58.7 Å². The van der Waals surface area contributed by atoms with E-state index in [1.807, 2.05) is 46.8 Å². The monoisotopic (exact) mass is 825 g/mol. The molecule has 1 saturated heterocycles. The van der Waals surface area contributed by atoms with E-state index in [1.165, 1.54) is 14.7 Å². The number of nitrogens with zero attached hydrogens (tertiary/aromatic N) is 7. The Hall–Kier alpha value is -6.13. The summed E-state index contributed by atoms with van der Waals surface area (Å²) in [7, 11) is 4.88. The summed E-state index contributed by atoms with van der Waals surface area (Å²) in [4.78, 5) is 101. The molecule has 17 nitrogen and oxygen atoms in total. The average molecular weight is 826 g/mol. The van der Waals surface area contributed by atoms with E-state index in [2.05, 4.69) is 36.2 Å². The number of aromatic nitrogens is 3. The molecule has 0 radical (unpaired) electrons. The zero-order valence-corrected chi connectivity index (χ0v) is 36.4. The maximum atomic E-state index is 14.1. The molecule has 0 aliphatic carbocycles. The predicted molar refractivity (Wildman–Crippen MR) is 229 cm³/mol. The molecule has 2 aromatic heterocycles. The summed E-state index contributed by atoms with van der Waals surface area (Å²) >= 11 is 0. The van der Waals surface area contributed by atoms with Crippen LogP contribution in [0.1, 0.15) is 93.9 Å². The Bertz CT molecular complexity index is 2100. The standard InChI is InChI=1S/C43H59N11O6/c1-11-13-31(39(58)53-19-12-14-33(53)37(56)50-43(6,7)40(59)48-32(20-25(2)3)38(57)51(8)9)47-36(55)28-17-15-26(4)34(21-28)54-24-29-22-45-41(49-35(29)52(10)42(54)60)46-30-18-16-27(5)44-23-30/h15-18,21-23,25,31-33H,11-14,19-20,24H2,1-10H3,(H,47,55)(H,48,59)(H,50,56)(H,45,46,49). The van der Waals surface area contributed by atoms with E-state index in [1.54, 1.807) is 70.5 Å². The van der Waals surface area contributed by atoms with Gasteiger partial charge in [0, 0.05) is 56.4 Å². The van der Waals surface area contributed by atoms with Crippen molar-refractivity contribution in [3.63, 3.8) is 0 Å². The lowest BCUT2D eigenvalue weighted by atomic mass is 9.99. The molecule has 0 spiro atoms. The number of rotatable bonds is 15. The molecule has 3 unspecified atom stereocenters. The molecule has 4 heterocycles. The van der Waals surface area contributed by atoms with Gasteiger partial charge in [0.05, 0.1) is 18.4 Å². The highest BCUT2D eigenvalue weighted by atomic mass is 16.2. The van der Waals surface area contributed by atoms with Crippen molar-refractivity contribution < 1.29 is 28.8 Å². The third-order valence-corrected chi connectivity index (χ3v) is 10.7. The van der Waals surface area contributed by atoms with Gasteiger partial charge in [0.15, 0.2) is 0 Å². The highest BCUT2D eigenvalue weighted by Crippen LogP contribution is 2.33. The van der Waals surface area contributed by atoms with Gasteiger partial charge in [-0.25, -0.2) is 9.78 Å². The maximum absolute atomic E-state index is 14.1. The third-order valence-electron chi connectivity index (χ3n) is 10.7. The van der Waals surface area contributed by atoms with E-state index in [0.29, 0.717) is 67.4 Å². The normalized spacial score (nSPS) is 16.2. The Morgan fingerprint density at radius 3 is 2.37 bits per heavy atom. The van der Waals surface area contributed by atoms with Gasteiger partial charge in [0.2, 0.25) is 29.6 Å². The summed E-state index contributed by atoms with van der Waals surface area (Å²) < 4.78 is 0. The van der Waals surface area contributed by atoms with Gasteiger partial charge < -0.3 is 31.1 Å². The quantitative estimate of drug-likeness (QED) is 0.172. The number of hydrogen-bond donors (Lipinski definition) is 4. The minimum absolute atomic E-state index is 0.134. The van der Waals surface area contributed by atoms with Gasteiger partial charge in [-0.15, -0.1) is 0 Å². The van der Waals surface area contributed by atoms with Crippen molar-refractivity contribution in [1.29, 1.82) is 0 Å². The first-order chi connectivity index (χ1) is 28.3. The molecule has 4 N–H and O–H groups in total. The summed E-state index contributed by atoms with van der Waals surface area (Å²) in [6.07, 6.45) is 5.61. The summed E-state index contributed by atoms with van der Waals surface area (Å²) in [5.74, 6) is -1.26. The van der Waals surface area contributed by atoms with Gasteiger partial charge in [0.25, 0.3) is 5.91 Å². The third kappa shape index (κ3) is 10.4. The first-order valence-corrected chi connectivity index (χ1v) is 20.5. The van der Waals surface area contributed by atoms with Crippen LogP contribution in [0.4, 0.5) is 27.9 Å². The van der Waals surface area contributed by atoms with Crippen LogP contribution in [0.5, 0.6) is 0 Å². The maximum Gasteiger partial charge on any atom is 0.330 e. The minimum Gasteiger partial charge on any atom is -0.347 e. The molecule has 0 bridgehead atoms. The number of anilines is 4. The number of hydrogen-bond acceptors (Lipinski definition) is 10. The van der Waals surface area contributed by atoms with Crippen molar-refractivity contribution in [2.24, 2.45) is 5.92 Å². The Morgan fingerprint density at radius 2 is 1.72 bits per heavy atom. The van der Waals surface area contributed by atoms with Crippen LogP contribution in [0.3, 0.4) is 0 Å². The number of carbonyl (C=O) groups excluding carboxylic acids is 6. The molecule has 7 amide bonds. The summed E-state index contributed by atoms with van der Waals surface area (Å²) in [6, 6.07) is 5.86. The highest BCUT2D eigenvalue weighted by Gasteiger charge is 2.41. The lowest BCUT2D eigenvalue weighted by Crippen LogP contribution is -2.62. The second-order valence-electron chi connectivity index (χ2n) is 16.8. The van der Waals surface area contributed by atoms with E-state index < -0.39 is 47.3 Å². The van der Waals surface area contributed by atoms with Gasteiger partial charge >= 0.3 is 6.03 Å². The second-order valence-corrected chi connectivity index (χ2v) is 16.8. The van der Waals surface area contributed by atoms with Gasteiger partial charge in [-0.2, -0.15) is 4.98 Å². The molecule has 17 heteroatoms. The molecule has 1 aromatic carbocycles. The van der Waals surface area contributed by atoms with E-state index >= 15 is 0 Å². The fraction of sp³-hybridized carbons (Fsp3) is 0.512. The van der Waals surface area contributed by atoms with Crippen LogP contribution in [0.2, 0.25) is 0 Å². The van der Waals surface area contributed by atoms with Gasteiger partial charge in [-0.05, 0) is 89.1 Å². The molecule has 5 rings (SSSR count). The number of nitrogens with one attached hydrogen (secondary N) is 4. The average Bonchev–Trinajstić information content (AvgIpc) is 3.70. The molecule has 2 aliphatic heterocycles. The topological polar surface area (TPSA) is 202 Å². The second kappa shape index (κ2) is 18.8. The number of likely N-dealkylation sites (N-methyl/N-ethyl adjacent to an activating group) is 1. The van der Waals surface area contributed by atoms with Gasteiger partial charge in [0.1, 0.15) is 29.5 Å². The van der Waals surface area contributed by atoms with E-state index in [-0.39, 0.29) is 30.0 Å². The molecule has 3 atom stereocenters. The first-order valence-electron chi connectivity index (χ1n) is 20.5. The number of likely N-dealkylation sites (tertiary alicyclic amines) is 1. The highest BCUT2D eigenvalue weighted by molar-refractivity contribution is 6.07. The molecule has 60 heavy (non-hydrogen) atoms. The van der Waals surface area contributed by atoms with E-state index in [9.17, 15) is 28.8 Å². The number of urea groups is 1. The number of aryl methyl sites for hydroxylation is 2. The summed E-state index contributed by atoms with van der Waals surface area (Å²) in [5.41, 5.74) is 2.41. The largest absolute Gasteiger partial charge is 0.347 e. The molecule has 3 aromatic rings. The lowest BCUT2D eigenvalue weighted by molar-refractivity contribution is -0.142. The number of benzene rings is 1.